The molecule has 2 N–H and O–H groups in total. The summed E-state index contributed by atoms with van der Waals surface area (Å²) < 4.78 is 10.5. The number of hydrogen-bond acceptors (Lipinski definition) is 6. The zero-order valence-corrected chi connectivity index (χ0v) is 16.9. The number of benzene rings is 2. The van der Waals surface area contributed by atoms with Gasteiger partial charge in [0.1, 0.15) is 17.2 Å². The SMILES string of the molecule is COc1ccc(OC)c(NC(=O)c2cc(C)nc(NCc3ccc(C)cc3)n2)c1. The van der Waals surface area contributed by atoms with E-state index in [1.165, 1.54) is 5.56 Å². The lowest BCUT2D eigenvalue weighted by Crippen LogP contribution is -2.16. The van der Waals surface area contributed by atoms with Crippen molar-refractivity contribution in [3.8, 4) is 11.5 Å². The summed E-state index contributed by atoms with van der Waals surface area (Å²) in [4.78, 5) is 21.5. The standard InChI is InChI=1S/C22H24N4O3/c1-14-5-7-16(8-6-14)13-23-22-24-15(2)11-19(26-22)21(27)25-18-12-17(28-3)9-10-20(18)29-4/h5-12H,13H2,1-4H3,(H,25,27)(H,23,24,26). The molecule has 3 aromatic rings. The first kappa shape index (κ1) is 20.1. The topological polar surface area (TPSA) is 85.4 Å². The van der Waals surface area contributed by atoms with E-state index in [1.54, 1.807) is 38.5 Å². The number of nitrogens with zero attached hydrogens (tertiary/aromatic N) is 2. The summed E-state index contributed by atoms with van der Waals surface area (Å²) in [7, 11) is 3.10. The van der Waals surface area contributed by atoms with Crippen molar-refractivity contribution in [3.05, 3.63) is 71.0 Å². The molecule has 2 aromatic carbocycles. The second kappa shape index (κ2) is 9.05. The number of rotatable bonds is 7. The number of carbonyl (C=O) groups excluding carboxylic acids is 1. The molecule has 0 aliphatic carbocycles. The van der Waals surface area contributed by atoms with Crippen LogP contribution in [0.2, 0.25) is 0 Å². The van der Waals surface area contributed by atoms with Crippen molar-refractivity contribution >= 4 is 17.5 Å². The number of aryl methyl sites for hydroxylation is 2. The first-order valence-electron chi connectivity index (χ1n) is 9.17. The first-order valence-corrected chi connectivity index (χ1v) is 9.17. The van der Waals surface area contributed by atoms with Crippen LogP contribution < -0.4 is 20.1 Å². The van der Waals surface area contributed by atoms with E-state index in [4.69, 9.17) is 9.47 Å². The fourth-order valence-electron chi connectivity index (χ4n) is 2.75. The Labute approximate surface area is 170 Å². The number of carbonyl (C=O) groups is 1. The summed E-state index contributed by atoms with van der Waals surface area (Å²) in [5.41, 5.74) is 3.76. The van der Waals surface area contributed by atoms with Crippen molar-refractivity contribution in [1.82, 2.24) is 9.97 Å². The second-order valence-electron chi connectivity index (χ2n) is 6.58. The van der Waals surface area contributed by atoms with Crippen molar-refractivity contribution < 1.29 is 14.3 Å². The zero-order chi connectivity index (χ0) is 20.8. The van der Waals surface area contributed by atoms with Crippen molar-refractivity contribution in [2.24, 2.45) is 0 Å². The molecule has 1 amide bonds. The lowest BCUT2D eigenvalue weighted by atomic mass is 10.1. The molecule has 0 aliphatic rings. The van der Waals surface area contributed by atoms with Crippen LogP contribution in [-0.2, 0) is 6.54 Å². The van der Waals surface area contributed by atoms with Gasteiger partial charge in [0.05, 0.1) is 19.9 Å². The van der Waals surface area contributed by atoms with Crippen LogP contribution in [0.25, 0.3) is 0 Å². The Hall–Kier alpha value is -3.61. The minimum absolute atomic E-state index is 0.258. The Kier molecular flexibility index (Phi) is 6.29. The maximum atomic E-state index is 12.8. The Morgan fingerprint density at radius 1 is 0.966 bits per heavy atom. The van der Waals surface area contributed by atoms with Crippen LogP contribution >= 0.6 is 0 Å². The third-order valence-electron chi connectivity index (χ3n) is 4.31. The molecule has 3 rings (SSSR count). The van der Waals surface area contributed by atoms with Gasteiger partial charge in [0.25, 0.3) is 5.91 Å². The predicted molar refractivity (Wildman–Crippen MR) is 113 cm³/mol. The number of ether oxygens (including phenoxy) is 2. The van der Waals surface area contributed by atoms with Gasteiger partial charge in [0.15, 0.2) is 0 Å². The average Bonchev–Trinajstić information content (AvgIpc) is 2.73. The minimum atomic E-state index is -0.361. The number of hydrogen-bond donors (Lipinski definition) is 2. The fourth-order valence-corrected chi connectivity index (χ4v) is 2.75. The van der Waals surface area contributed by atoms with E-state index in [-0.39, 0.29) is 11.6 Å². The van der Waals surface area contributed by atoms with Gasteiger partial charge in [-0.15, -0.1) is 0 Å². The van der Waals surface area contributed by atoms with Gasteiger partial charge in [-0.05, 0) is 37.6 Å². The summed E-state index contributed by atoms with van der Waals surface area (Å²) in [6.07, 6.45) is 0. The van der Waals surface area contributed by atoms with Crippen molar-refractivity contribution in [2.45, 2.75) is 20.4 Å². The molecule has 7 heteroatoms. The van der Waals surface area contributed by atoms with E-state index in [2.05, 4.69) is 32.7 Å². The molecule has 29 heavy (non-hydrogen) atoms. The molecule has 7 nitrogen and oxygen atoms in total. The number of aromatic nitrogens is 2. The Morgan fingerprint density at radius 3 is 2.41 bits per heavy atom. The van der Waals surface area contributed by atoms with Crippen molar-refractivity contribution in [2.75, 3.05) is 24.9 Å². The molecule has 0 saturated heterocycles. The second-order valence-corrected chi connectivity index (χ2v) is 6.58. The van der Waals surface area contributed by atoms with E-state index in [9.17, 15) is 4.79 Å². The zero-order valence-electron chi connectivity index (χ0n) is 16.9. The van der Waals surface area contributed by atoms with Crippen LogP contribution in [0.5, 0.6) is 11.5 Å². The number of amides is 1. The number of anilines is 2. The Balaban J connectivity index is 1.76. The van der Waals surface area contributed by atoms with Crippen molar-refractivity contribution in [1.29, 1.82) is 0 Å². The lowest BCUT2D eigenvalue weighted by molar-refractivity contribution is 0.102. The highest BCUT2D eigenvalue weighted by atomic mass is 16.5. The molecule has 0 fully saturated rings. The smallest absolute Gasteiger partial charge is 0.274 e. The molecule has 1 heterocycles. The van der Waals surface area contributed by atoms with Gasteiger partial charge < -0.3 is 20.1 Å². The van der Waals surface area contributed by atoms with E-state index in [0.717, 1.165) is 5.56 Å². The molecule has 1 aromatic heterocycles. The summed E-state index contributed by atoms with van der Waals surface area (Å²) >= 11 is 0. The first-order chi connectivity index (χ1) is 14.0. The molecule has 0 unspecified atom stereocenters. The van der Waals surface area contributed by atoms with Crippen LogP contribution in [0, 0.1) is 13.8 Å². The molecular formula is C22H24N4O3. The normalized spacial score (nSPS) is 10.3. The summed E-state index contributed by atoms with van der Waals surface area (Å²) in [5.74, 6) is 1.18. The van der Waals surface area contributed by atoms with E-state index in [0.29, 0.717) is 35.4 Å². The van der Waals surface area contributed by atoms with E-state index in [1.807, 2.05) is 26.0 Å². The molecule has 150 valence electrons. The largest absolute Gasteiger partial charge is 0.497 e. The number of nitrogens with one attached hydrogen (secondary N) is 2. The number of methoxy groups -OCH3 is 2. The summed E-state index contributed by atoms with van der Waals surface area (Å²) in [5, 5.41) is 6.00. The van der Waals surface area contributed by atoms with Gasteiger partial charge in [-0.3, -0.25) is 4.79 Å². The maximum absolute atomic E-state index is 12.8. The highest BCUT2D eigenvalue weighted by Gasteiger charge is 2.14. The molecule has 0 atom stereocenters. The van der Waals surface area contributed by atoms with Crippen LogP contribution in [0.4, 0.5) is 11.6 Å². The molecule has 0 bridgehead atoms. The molecule has 0 spiro atoms. The Bertz CT molecular complexity index is 1000. The van der Waals surface area contributed by atoms with Gasteiger partial charge in [-0.25, -0.2) is 9.97 Å². The average molecular weight is 392 g/mol. The highest BCUT2D eigenvalue weighted by Crippen LogP contribution is 2.29. The monoisotopic (exact) mass is 392 g/mol. The maximum Gasteiger partial charge on any atom is 0.274 e. The third-order valence-corrected chi connectivity index (χ3v) is 4.31. The molecule has 0 saturated carbocycles. The Morgan fingerprint density at radius 2 is 1.72 bits per heavy atom. The predicted octanol–water partition coefficient (Wildman–Crippen LogP) is 3.98. The summed E-state index contributed by atoms with van der Waals surface area (Å²) in [6.45, 7) is 4.43. The lowest BCUT2D eigenvalue weighted by Gasteiger charge is -2.12. The van der Waals surface area contributed by atoms with Crippen LogP contribution in [-0.4, -0.2) is 30.1 Å². The van der Waals surface area contributed by atoms with Gasteiger partial charge in [-0.2, -0.15) is 0 Å². The molecule has 0 radical (unpaired) electrons. The van der Waals surface area contributed by atoms with Crippen molar-refractivity contribution in [3.63, 3.8) is 0 Å². The van der Waals surface area contributed by atoms with Crippen LogP contribution in [0.1, 0.15) is 27.3 Å². The summed E-state index contributed by atoms with van der Waals surface area (Å²) in [6, 6.07) is 15.0. The van der Waals surface area contributed by atoms with Gasteiger partial charge in [0, 0.05) is 18.3 Å². The van der Waals surface area contributed by atoms with Gasteiger partial charge in [0.2, 0.25) is 5.95 Å². The molecular weight excluding hydrogens is 368 g/mol. The van der Waals surface area contributed by atoms with E-state index < -0.39 is 0 Å². The molecule has 0 aliphatic heterocycles. The quantitative estimate of drug-likeness (QED) is 0.633. The van der Waals surface area contributed by atoms with Crippen LogP contribution in [0.3, 0.4) is 0 Å². The van der Waals surface area contributed by atoms with Crippen LogP contribution in [0.15, 0.2) is 48.5 Å². The fraction of sp³-hybridized carbons (Fsp3) is 0.227. The highest BCUT2D eigenvalue weighted by molar-refractivity contribution is 6.04. The van der Waals surface area contributed by atoms with E-state index >= 15 is 0 Å². The van der Waals surface area contributed by atoms with Gasteiger partial charge >= 0.3 is 0 Å². The third kappa shape index (κ3) is 5.22. The van der Waals surface area contributed by atoms with Gasteiger partial charge in [-0.1, -0.05) is 29.8 Å². The minimum Gasteiger partial charge on any atom is -0.497 e.